The molecule has 1 amide bonds. The highest BCUT2D eigenvalue weighted by Crippen LogP contribution is 2.20. The Bertz CT molecular complexity index is 926. The van der Waals surface area contributed by atoms with Crippen molar-refractivity contribution in [3.05, 3.63) is 53.2 Å². The van der Waals surface area contributed by atoms with Crippen LogP contribution in [0.3, 0.4) is 0 Å². The molecule has 0 aliphatic heterocycles. The van der Waals surface area contributed by atoms with Crippen LogP contribution in [0, 0.1) is 13.8 Å². The van der Waals surface area contributed by atoms with E-state index < -0.39 is 6.04 Å². The third-order valence-electron chi connectivity index (χ3n) is 4.21. The molecule has 0 bridgehead atoms. The Morgan fingerprint density at radius 3 is 2.65 bits per heavy atom. The van der Waals surface area contributed by atoms with Gasteiger partial charge in [-0.1, -0.05) is 28.9 Å². The van der Waals surface area contributed by atoms with Crippen molar-refractivity contribution in [2.45, 2.75) is 46.7 Å². The third kappa shape index (κ3) is 3.51. The monoisotopic (exact) mass is 353 g/mol. The van der Waals surface area contributed by atoms with E-state index in [0.29, 0.717) is 17.3 Å². The van der Waals surface area contributed by atoms with Crippen LogP contribution in [0.1, 0.15) is 60.4 Å². The molecule has 0 spiro atoms. The van der Waals surface area contributed by atoms with Gasteiger partial charge in [-0.15, -0.1) is 0 Å². The molecule has 3 aromatic rings. The molecule has 0 aliphatic carbocycles. The van der Waals surface area contributed by atoms with Crippen molar-refractivity contribution in [3.63, 3.8) is 0 Å². The first kappa shape index (κ1) is 17.8. The molecule has 0 fully saturated rings. The average molecular weight is 353 g/mol. The molecule has 7 nitrogen and oxygen atoms in total. The number of benzene rings is 1. The smallest absolute Gasteiger partial charge is 0.255 e. The van der Waals surface area contributed by atoms with Crippen molar-refractivity contribution in [2.24, 2.45) is 0 Å². The first-order valence-electron chi connectivity index (χ1n) is 8.62. The Labute approximate surface area is 152 Å². The number of rotatable bonds is 5. The van der Waals surface area contributed by atoms with E-state index in [9.17, 15) is 4.79 Å². The lowest BCUT2D eigenvalue weighted by Crippen LogP contribution is -2.27. The predicted octanol–water partition coefficient (Wildman–Crippen LogP) is 3.62. The summed E-state index contributed by atoms with van der Waals surface area (Å²) in [6.45, 7) is 9.75. The molecule has 26 heavy (non-hydrogen) atoms. The van der Waals surface area contributed by atoms with Gasteiger partial charge >= 0.3 is 0 Å². The first-order chi connectivity index (χ1) is 12.4. The van der Waals surface area contributed by atoms with Crippen LogP contribution < -0.4 is 5.32 Å². The Hall–Kier alpha value is -2.96. The van der Waals surface area contributed by atoms with Crippen molar-refractivity contribution in [1.29, 1.82) is 0 Å². The fraction of sp³-hybridized carbons (Fsp3) is 0.368. The van der Waals surface area contributed by atoms with Gasteiger partial charge in [-0.3, -0.25) is 9.48 Å². The quantitative estimate of drug-likeness (QED) is 0.757. The van der Waals surface area contributed by atoms with Gasteiger partial charge in [0.15, 0.2) is 0 Å². The van der Waals surface area contributed by atoms with Gasteiger partial charge in [-0.2, -0.15) is 10.1 Å². The van der Waals surface area contributed by atoms with Crippen LogP contribution >= 0.6 is 0 Å². The fourth-order valence-electron chi connectivity index (χ4n) is 2.82. The molecule has 1 unspecified atom stereocenters. The molecule has 2 heterocycles. The highest BCUT2D eigenvalue weighted by Gasteiger charge is 2.21. The zero-order chi connectivity index (χ0) is 18.8. The maximum atomic E-state index is 12.6. The van der Waals surface area contributed by atoms with Crippen molar-refractivity contribution >= 4 is 5.91 Å². The van der Waals surface area contributed by atoms with Gasteiger partial charge in [-0.05, 0) is 40.7 Å². The highest BCUT2D eigenvalue weighted by molar-refractivity contribution is 5.95. The number of carbonyl (C=O) groups excluding carboxylic acids is 1. The number of aromatic nitrogens is 4. The van der Waals surface area contributed by atoms with E-state index in [4.69, 9.17) is 4.52 Å². The van der Waals surface area contributed by atoms with Crippen LogP contribution in [0.2, 0.25) is 0 Å². The van der Waals surface area contributed by atoms with E-state index in [1.54, 1.807) is 6.20 Å². The van der Waals surface area contributed by atoms with E-state index in [1.807, 2.05) is 63.6 Å². The Morgan fingerprint density at radius 1 is 1.23 bits per heavy atom. The molecule has 0 saturated carbocycles. The maximum Gasteiger partial charge on any atom is 0.255 e. The van der Waals surface area contributed by atoms with Gasteiger partial charge in [0.25, 0.3) is 5.91 Å². The number of nitrogens with one attached hydrogen (secondary N) is 1. The Morgan fingerprint density at radius 2 is 2.00 bits per heavy atom. The summed E-state index contributed by atoms with van der Waals surface area (Å²) in [5, 5.41) is 11.2. The number of nitrogens with zero attached hydrogens (tertiary/aromatic N) is 4. The number of aryl methyl sites for hydroxylation is 1. The fourth-order valence-corrected chi connectivity index (χ4v) is 2.82. The number of hydrogen-bond acceptors (Lipinski definition) is 5. The molecule has 2 aromatic heterocycles. The zero-order valence-electron chi connectivity index (χ0n) is 15.6. The van der Waals surface area contributed by atoms with E-state index in [2.05, 4.69) is 20.6 Å². The normalized spacial score (nSPS) is 12.4. The van der Waals surface area contributed by atoms with E-state index in [0.717, 1.165) is 16.8 Å². The van der Waals surface area contributed by atoms with Crippen LogP contribution in [0.15, 0.2) is 35.0 Å². The van der Waals surface area contributed by atoms with E-state index in [1.165, 1.54) is 0 Å². The standard InChI is InChI=1S/C19H23N5O2/c1-11(2)24-14(5)16(10-20-24)18(25)21-13(4)19-22-17(23-26-19)15-8-6-7-12(3)9-15/h6-11,13H,1-5H3,(H,21,25). The van der Waals surface area contributed by atoms with Crippen LogP contribution in [-0.2, 0) is 0 Å². The predicted molar refractivity (Wildman–Crippen MR) is 97.7 cm³/mol. The maximum absolute atomic E-state index is 12.6. The molecule has 1 aromatic carbocycles. The Balaban J connectivity index is 1.74. The second-order valence-corrected chi connectivity index (χ2v) is 6.70. The number of hydrogen-bond donors (Lipinski definition) is 1. The topological polar surface area (TPSA) is 85.8 Å². The summed E-state index contributed by atoms with van der Waals surface area (Å²) < 4.78 is 7.16. The molecule has 1 N–H and O–H groups in total. The molecule has 0 saturated heterocycles. The van der Waals surface area contributed by atoms with Gasteiger partial charge in [0.05, 0.1) is 11.8 Å². The highest BCUT2D eigenvalue weighted by atomic mass is 16.5. The molecule has 0 aliphatic rings. The Kier molecular flexibility index (Phi) is 4.88. The van der Waals surface area contributed by atoms with Gasteiger partial charge in [0, 0.05) is 17.3 Å². The summed E-state index contributed by atoms with van der Waals surface area (Å²) in [6, 6.07) is 7.65. The summed E-state index contributed by atoms with van der Waals surface area (Å²) in [7, 11) is 0. The van der Waals surface area contributed by atoms with Crippen molar-refractivity contribution in [2.75, 3.05) is 0 Å². The van der Waals surface area contributed by atoms with Gasteiger partial charge in [0.1, 0.15) is 6.04 Å². The lowest BCUT2D eigenvalue weighted by Gasteiger charge is -2.11. The molecular weight excluding hydrogens is 330 g/mol. The number of amides is 1. The summed E-state index contributed by atoms with van der Waals surface area (Å²) in [4.78, 5) is 17.0. The average Bonchev–Trinajstić information content (AvgIpc) is 3.21. The van der Waals surface area contributed by atoms with Crippen LogP contribution in [0.5, 0.6) is 0 Å². The minimum atomic E-state index is -0.407. The van der Waals surface area contributed by atoms with Gasteiger partial charge < -0.3 is 9.84 Å². The second-order valence-electron chi connectivity index (χ2n) is 6.70. The summed E-state index contributed by atoms with van der Waals surface area (Å²) in [5.74, 6) is 0.662. The van der Waals surface area contributed by atoms with E-state index >= 15 is 0 Å². The minimum absolute atomic E-state index is 0.196. The summed E-state index contributed by atoms with van der Waals surface area (Å²) in [5.41, 5.74) is 3.38. The van der Waals surface area contributed by atoms with Crippen LogP contribution in [0.4, 0.5) is 0 Å². The second kappa shape index (κ2) is 7.11. The van der Waals surface area contributed by atoms with Crippen LogP contribution in [0.25, 0.3) is 11.4 Å². The van der Waals surface area contributed by atoms with Crippen molar-refractivity contribution in [3.8, 4) is 11.4 Å². The molecule has 7 heteroatoms. The molecule has 0 radical (unpaired) electrons. The van der Waals surface area contributed by atoms with Gasteiger partial charge in [-0.25, -0.2) is 0 Å². The largest absolute Gasteiger partial charge is 0.340 e. The SMILES string of the molecule is Cc1cccc(-c2noc(C(C)NC(=O)c3cnn(C(C)C)c3C)n2)c1. The lowest BCUT2D eigenvalue weighted by molar-refractivity contribution is 0.0931. The minimum Gasteiger partial charge on any atom is -0.340 e. The summed E-state index contributed by atoms with van der Waals surface area (Å²) >= 11 is 0. The lowest BCUT2D eigenvalue weighted by atomic mass is 10.1. The summed E-state index contributed by atoms with van der Waals surface area (Å²) in [6.07, 6.45) is 1.59. The number of carbonyl (C=O) groups is 1. The van der Waals surface area contributed by atoms with E-state index in [-0.39, 0.29) is 11.9 Å². The van der Waals surface area contributed by atoms with Crippen molar-refractivity contribution in [1.82, 2.24) is 25.2 Å². The molecule has 1 atom stereocenters. The molecule has 3 rings (SSSR count). The zero-order valence-corrected chi connectivity index (χ0v) is 15.6. The molecular formula is C19H23N5O2. The van der Waals surface area contributed by atoms with Crippen LogP contribution in [-0.4, -0.2) is 25.8 Å². The van der Waals surface area contributed by atoms with Gasteiger partial charge in [0.2, 0.25) is 11.7 Å². The molecule has 136 valence electrons. The van der Waals surface area contributed by atoms with Crippen molar-refractivity contribution < 1.29 is 9.32 Å². The third-order valence-corrected chi connectivity index (χ3v) is 4.21. The first-order valence-corrected chi connectivity index (χ1v) is 8.62.